The second-order valence-electron chi connectivity index (χ2n) is 7.55. The Morgan fingerprint density at radius 2 is 1.84 bits per heavy atom. The normalized spacial score (nSPS) is 29.4. The van der Waals surface area contributed by atoms with Crippen molar-refractivity contribution < 1.29 is 44.0 Å². The van der Waals surface area contributed by atoms with E-state index < -0.39 is 58.7 Å². The summed E-state index contributed by atoms with van der Waals surface area (Å²) in [6, 6.07) is 7.70. The molecule has 32 heavy (non-hydrogen) atoms. The van der Waals surface area contributed by atoms with Gasteiger partial charge in [0.1, 0.15) is 18.0 Å². The monoisotopic (exact) mass is 445 g/mol. The zero-order chi connectivity index (χ0) is 23.8. The van der Waals surface area contributed by atoms with Gasteiger partial charge in [0, 0.05) is 18.2 Å². The summed E-state index contributed by atoms with van der Waals surface area (Å²) < 4.78 is 10.7. The number of nitrogens with one attached hydrogen (secondary N) is 1. The van der Waals surface area contributed by atoms with Gasteiger partial charge in [-0.05, 0) is 26.0 Å². The van der Waals surface area contributed by atoms with Crippen molar-refractivity contribution in [3.8, 4) is 0 Å². The van der Waals surface area contributed by atoms with Crippen LogP contribution in [0.25, 0.3) is 0 Å². The second-order valence-corrected chi connectivity index (χ2v) is 7.55. The Balaban J connectivity index is 1.98. The molecule has 170 valence electrons. The number of aliphatic hydroxyl groups is 3. The Hall–Kier alpha value is -3.18. The first-order chi connectivity index (χ1) is 15.0. The fourth-order valence-corrected chi connectivity index (χ4v) is 3.77. The molecule has 0 aromatic heterocycles. The number of carbonyl (C=O) groups is 4. The van der Waals surface area contributed by atoms with Crippen LogP contribution in [0.4, 0.5) is 0 Å². The van der Waals surface area contributed by atoms with Crippen LogP contribution in [-0.2, 0) is 23.9 Å². The Kier molecular flexibility index (Phi) is 6.16. The summed E-state index contributed by atoms with van der Waals surface area (Å²) in [5.41, 5.74) is -5.07. The zero-order valence-corrected chi connectivity index (χ0v) is 17.6. The van der Waals surface area contributed by atoms with Gasteiger partial charge in [-0.15, -0.1) is 0 Å². The lowest BCUT2D eigenvalue weighted by atomic mass is 9.85. The van der Waals surface area contributed by atoms with Gasteiger partial charge in [-0.3, -0.25) is 19.2 Å². The summed E-state index contributed by atoms with van der Waals surface area (Å²) in [5.74, 6) is -3.82. The summed E-state index contributed by atoms with van der Waals surface area (Å²) in [7, 11) is 1.08. The zero-order valence-electron chi connectivity index (χ0n) is 17.6. The molecule has 1 spiro atoms. The molecule has 0 saturated carbocycles. The molecule has 2 heterocycles. The number of rotatable bonds is 7. The van der Waals surface area contributed by atoms with Crippen molar-refractivity contribution >= 4 is 23.3 Å². The van der Waals surface area contributed by atoms with Gasteiger partial charge >= 0.3 is 0 Å². The van der Waals surface area contributed by atoms with Gasteiger partial charge in [0.05, 0.1) is 0 Å². The minimum atomic E-state index is -2.61. The van der Waals surface area contributed by atoms with E-state index in [0.717, 1.165) is 19.3 Å². The van der Waals surface area contributed by atoms with Crippen LogP contribution in [0.5, 0.6) is 0 Å². The lowest BCUT2D eigenvalue weighted by Gasteiger charge is -2.32. The van der Waals surface area contributed by atoms with Crippen molar-refractivity contribution in [2.75, 3.05) is 7.11 Å². The Morgan fingerprint density at radius 1 is 1.22 bits per heavy atom. The molecule has 0 bridgehead atoms. The Morgan fingerprint density at radius 3 is 2.41 bits per heavy atom. The van der Waals surface area contributed by atoms with Crippen molar-refractivity contribution in [2.45, 2.75) is 43.5 Å². The van der Waals surface area contributed by atoms with Crippen LogP contribution in [-0.4, -0.2) is 75.3 Å². The number of hydrogen-bond donors (Lipinski definition) is 4. The fraction of sp³-hybridized carbons (Fsp3) is 0.364. The average molecular weight is 445 g/mol. The number of Topliss-reactive ketones (excluding diaryl/α,β-unsaturated/α-hetero) is 2. The predicted octanol–water partition coefficient (Wildman–Crippen LogP) is -0.818. The number of carbonyl (C=O) groups excluding carboxylic acids is 4. The molecule has 0 unspecified atom stereocenters. The summed E-state index contributed by atoms with van der Waals surface area (Å²) in [5, 5.41) is 33.9. The predicted molar refractivity (Wildman–Crippen MR) is 108 cm³/mol. The van der Waals surface area contributed by atoms with Gasteiger partial charge in [-0.2, -0.15) is 0 Å². The van der Waals surface area contributed by atoms with Gasteiger partial charge < -0.3 is 30.1 Å². The second kappa shape index (κ2) is 8.40. The van der Waals surface area contributed by atoms with Crippen LogP contribution in [0.3, 0.4) is 0 Å². The molecule has 10 heteroatoms. The maximum absolute atomic E-state index is 13.1. The van der Waals surface area contributed by atoms with Crippen molar-refractivity contribution in [3.05, 3.63) is 59.4 Å². The lowest BCUT2D eigenvalue weighted by molar-refractivity contribution is -0.163. The quantitative estimate of drug-likeness (QED) is 0.239. The standard InChI is InChI=1S/C22H23NO9/c1-11(24)9-10-14(25)15(26)16-12(2)17(27)21(32-16)19(29)22(31-3,23-20(21)30)18(28)13-7-5-4-6-8-13/h4-10,14-15,19,25-26,29H,1-3H3,(H,23,30)/b10-9+/t14-,15-,19+,21+,22+/m0/s1. The van der Waals surface area contributed by atoms with Crippen molar-refractivity contribution in [1.29, 1.82) is 0 Å². The number of aliphatic hydroxyl groups excluding tert-OH is 3. The molecule has 1 amide bonds. The van der Waals surface area contributed by atoms with Gasteiger partial charge in [0.2, 0.25) is 17.3 Å². The SMILES string of the molecule is CO[C@@]1(C(=O)c2ccccc2)NC(=O)[C@]2(OC([C@@H](O)[C@@H](O)/C=C/C(C)=O)=C(C)C2=O)[C@H]1O. The van der Waals surface area contributed by atoms with Crippen molar-refractivity contribution in [1.82, 2.24) is 5.32 Å². The van der Waals surface area contributed by atoms with Crippen molar-refractivity contribution in [3.63, 3.8) is 0 Å². The molecule has 5 atom stereocenters. The molecule has 10 nitrogen and oxygen atoms in total. The summed E-state index contributed by atoms with van der Waals surface area (Å²) in [6.45, 7) is 2.47. The van der Waals surface area contributed by atoms with Crippen molar-refractivity contribution in [2.24, 2.45) is 0 Å². The molecule has 4 N–H and O–H groups in total. The first kappa shape index (κ1) is 23.5. The average Bonchev–Trinajstić information content (AvgIpc) is 3.18. The number of amides is 1. The van der Waals surface area contributed by atoms with Gasteiger partial charge in [-0.1, -0.05) is 30.3 Å². The molecular weight excluding hydrogens is 422 g/mol. The van der Waals surface area contributed by atoms with E-state index in [1.807, 2.05) is 0 Å². The largest absolute Gasteiger partial charge is 0.467 e. The van der Waals surface area contributed by atoms with E-state index in [0.29, 0.717) is 0 Å². The molecule has 0 radical (unpaired) electrons. The maximum atomic E-state index is 13.1. The number of methoxy groups -OCH3 is 1. The van der Waals surface area contributed by atoms with Crippen LogP contribution in [0.2, 0.25) is 0 Å². The number of ether oxygens (including phenoxy) is 2. The van der Waals surface area contributed by atoms with E-state index in [-0.39, 0.29) is 11.1 Å². The third kappa shape index (κ3) is 3.37. The maximum Gasteiger partial charge on any atom is 0.278 e. The Labute approximate surface area is 183 Å². The van der Waals surface area contributed by atoms with Crippen LogP contribution < -0.4 is 5.32 Å². The van der Waals surface area contributed by atoms with Crippen LogP contribution >= 0.6 is 0 Å². The number of allylic oxidation sites excluding steroid dienone is 1. The molecule has 1 fully saturated rings. The highest BCUT2D eigenvalue weighted by Crippen LogP contribution is 2.44. The third-order valence-corrected chi connectivity index (χ3v) is 5.54. The first-order valence-corrected chi connectivity index (χ1v) is 9.68. The van der Waals surface area contributed by atoms with Crippen LogP contribution in [0.1, 0.15) is 24.2 Å². The summed E-state index contributed by atoms with van der Waals surface area (Å²) in [4.78, 5) is 50.3. The molecule has 1 aromatic carbocycles. The highest BCUT2D eigenvalue weighted by Gasteiger charge is 2.74. The lowest BCUT2D eigenvalue weighted by Crippen LogP contribution is -2.60. The molecule has 2 aliphatic rings. The van der Waals surface area contributed by atoms with Gasteiger partial charge in [0.15, 0.2) is 11.9 Å². The highest BCUT2D eigenvalue weighted by atomic mass is 16.6. The minimum Gasteiger partial charge on any atom is -0.467 e. The molecule has 2 aliphatic heterocycles. The first-order valence-electron chi connectivity index (χ1n) is 9.68. The molecular formula is C22H23NO9. The van der Waals surface area contributed by atoms with E-state index in [1.54, 1.807) is 18.2 Å². The molecule has 1 aromatic rings. The fourth-order valence-electron chi connectivity index (χ4n) is 3.77. The summed E-state index contributed by atoms with van der Waals surface area (Å²) in [6.07, 6.45) is -3.59. The Bertz CT molecular complexity index is 1030. The minimum absolute atomic E-state index is 0.103. The smallest absolute Gasteiger partial charge is 0.278 e. The van der Waals surface area contributed by atoms with E-state index in [2.05, 4.69) is 5.32 Å². The molecule has 0 aliphatic carbocycles. The van der Waals surface area contributed by atoms with E-state index >= 15 is 0 Å². The van der Waals surface area contributed by atoms with Crippen LogP contribution in [0.15, 0.2) is 53.8 Å². The van der Waals surface area contributed by atoms with E-state index in [9.17, 15) is 34.5 Å². The third-order valence-electron chi connectivity index (χ3n) is 5.54. The van der Waals surface area contributed by atoms with E-state index in [4.69, 9.17) is 9.47 Å². The van der Waals surface area contributed by atoms with Crippen LogP contribution in [0, 0.1) is 0 Å². The number of ketones is 3. The highest BCUT2D eigenvalue weighted by molar-refractivity contribution is 6.23. The van der Waals surface area contributed by atoms with Gasteiger partial charge in [-0.25, -0.2) is 0 Å². The molecule has 1 saturated heterocycles. The molecule has 3 rings (SSSR count). The van der Waals surface area contributed by atoms with E-state index in [1.165, 1.54) is 26.0 Å². The number of benzene rings is 1. The number of hydrogen-bond acceptors (Lipinski definition) is 9. The van der Waals surface area contributed by atoms with Gasteiger partial charge in [0.25, 0.3) is 11.5 Å². The summed E-state index contributed by atoms with van der Waals surface area (Å²) >= 11 is 0. The topological polar surface area (TPSA) is 159 Å².